The quantitative estimate of drug-likeness (QED) is 0.580. The van der Waals surface area contributed by atoms with Crippen molar-refractivity contribution in [3.05, 3.63) is 46.4 Å². The number of anilines is 1. The van der Waals surface area contributed by atoms with Crippen LogP contribution in [-0.2, 0) is 21.4 Å². The number of esters is 1. The average molecular weight is 359 g/mol. The lowest BCUT2D eigenvalue weighted by Crippen LogP contribution is -2.23. The van der Waals surface area contributed by atoms with Gasteiger partial charge in [-0.05, 0) is 25.5 Å². The van der Waals surface area contributed by atoms with Crippen LogP contribution in [0.2, 0.25) is 0 Å². The number of carbonyl (C=O) groups excluding carboxylic acids is 2. The van der Waals surface area contributed by atoms with Gasteiger partial charge in [-0.25, -0.2) is 4.68 Å². The van der Waals surface area contributed by atoms with Crippen LogP contribution < -0.4 is 10.9 Å². The Labute approximate surface area is 152 Å². The molecule has 0 aliphatic heterocycles. The number of aromatic nitrogens is 2. The van der Waals surface area contributed by atoms with Gasteiger partial charge in [0.05, 0.1) is 24.4 Å². The highest BCUT2D eigenvalue weighted by molar-refractivity contribution is 5.93. The number of nitrogens with zero attached hydrogens (tertiary/aromatic N) is 2. The van der Waals surface area contributed by atoms with Gasteiger partial charge >= 0.3 is 5.97 Å². The second-order valence-electron chi connectivity index (χ2n) is 6.06. The molecular weight excluding hydrogens is 334 g/mol. The zero-order valence-corrected chi connectivity index (χ0v) is 15.4. The second-order valence-corrected chi connectivity index (χ2v) is 6.06. The third kappa shape index (κ3) is 4.62. The third-order valence-electron chi connectivity index (χ3n) is 4.14. The highest BCUT2D eigenvalue weighted by Gasteiger charge is 2.18. The van der Waals surface area contributed by atoms with Crippen molar-refractivity contribution in [3.63, 3.8) is 0 Å². The van der Waals surface area contributed by atoms with Crippen LogP contribution >= 0.6 is 0 Å². The summed E-state index contributed by atoms with van der Waals surface area (Å²) in [7, 11) is 1.75. The summed E-state index contributed by atoms with van der Waals surface area (Å²) in [6, 6.07) is 9.18. The first-order valence-electron chi connectivity index (χ1n) is 8.75. The SMILES string of the molecule is CCCCOC(=O)CCC(=O)Nc1c(C)n(C)n(-c2ccccc2)c1=O. The molecule has 1 heterocycles. The fraction of sp³-hybridized carbons (Fsp3) is 0.421. The lowest BCUT2D eigenvalue weighted by Gasteiger charge is -2.07. The summed E-state index contributed by atoms with van der Waals surface area (Å²) in [6.45, 7) is 4.14. The number of amides is 1. The average Bonchev–Trinajstić information content (AvgIpc) is 2.84. The van der Waals surface area contributed by atoms with Gasteiger partial charge < -0.3 is 10.1 Å². The van der Waals surface area contributed by atoms with E-state index in [0.29, 0.717) is 18.0 Å². The van der Waals surface area contributed by atoms with Crippen molar-refractivity contribution in [1.82, 2.24) is 9.36 Å². The van der Waals surface area contributed by atoms with Gasteiger partial charge in [0.2, 0.25) is 5.91 Å². The van der Waals surface area contributed by atoms with E-state index >= 15 is 0 Å². The molecular formula is C19H25N3O4. The predicted molar refractivity (Wildman–Crippen MR) is 99.5 cm³/mol. The van der Waals surface area contributed by atoms with E-state index in [2.05, 4.69) is 5.32 Å². The van der Waals surface area contributed by atoms with Crippen molar-refractivity contribution < 1.29 is 14.3 Å². The Morgan fingerprint density at radius 1 is 1.15 bits per heavy atom. The van der Waals surface area contributed by atoms with Crippen molar-refractivity contribution >= 4 is 17.6 Å². The first-order chi connectivity index (χ1) is 12.5. The van der Waals surface area contributed by atoms with Gasteiger partial charge in [-0.2, -0.15) is 0 Å². The van der Waals surface area contributed by atoms with Gasteiger partial charge in [-0.15, -0.1) is 0 Å². The van der Waals surface area contributed by atoms with E-state index in [1.54, 1.807) is 18.7 Å². The minimum absolute atomic E-state index is 0.00565. The van der Waals surface area contributed by atoms with E-state index in [9.17, 15) is 14.4 Å². The number of hydrogen-bond acceptors (Lipinski definition) is 4. The van der Waals surface area contributed by atoms with Crippen LogP contribution in [0.1, 0.15) is 38.3 Å². The number of para-hydroxylation sites is 1. The second kappa shape index (κ2) is 9.03. The molecule has 1 N–H and O–H groups in total. The van der Waals surface area contributed by atoms with E-state index in [4.69, 9.17) is 4.74 Å². The summed E-state index contributed by atoms with van der Waals surface area (Å²) in [5, 5.41) is 2.63. The lowest BCUT2D eigenvalue weighted by molar-refractivity contribution is -0.144. The van der Waals surface area contributed by atoms with Gasteiger partial charge in [0.25, 0.3) is 5.56 Å². The maximum atomic E-state index is 12.7. The fourth-order valence-electron chi connectivity index (χ4n) is 2.53. The first-order valence-corrected chi connectivity index (χ1v) is 8.75. The zero-order chi connectivity index (χ0) is 19.1. The van der Waals surface area contributed by atoms with Crippen molar-refractivity contribution in [2.24, 2.45) is 7.05 Å². The minimum Gasteiger partial charge on any atom is -0.466 e. The molecule has 0 radical (unpaired) electrons. The van der Waals surface area contributed by atoms with Gasteiger partial charge in [0.15, 0.2) is 0 Å². The molecule has 140 valence electrons. The molecule has 0 fully saturated rings. The Hall–Kier alpha value is -2.83. The van der Waals surface area contributed by atoms with Gasteiger partial charge in [-0.1, -0.05) is 31.5 Å². The van der Waals surface area contributed by atoms with E-state index in [-0.39, 0.29) is 30.0 Å². The molecule has 0 saturated heterocycles. The van der Waals surface area contributed by atoms with Crippen molar-refractivity contribution in [2.75, 3.05) is 11.9 Å². The number of unbranched alkanes of at least 4 members (excludes halogenated alkanes) is 1. The summed E-state index contributed by atoms with van der Waals surface area (Å²) in [5.74, 6) is -0.788. The lowest BCUT2D eigenvalue weighted by atomic mass is 10.3. The number of hydrogen-bond donors (Lipinski definition) is 1. The molecule has 0 saturated carbocycles. The smallest absolute Gasteiger partial charge is 0.306 e. The maximum absolute atomic E-state index is 12.7. The molecule has 2 rings (SSSR count). The zero-order valence-electron chi connectivity index (χ0n) is 15.4. The van der Waals surface area contributed by atoms with Crippen LogP contribution in [0.3, 0.4) is 0 Å². The number of carbonyl (C=O) groups is 2. The molecule has 7 heteroatoms. The summed E-state index contributed by atoms with van der Waals surface area (Å²) in [6.07, 6.45) is 1.72. The molecule has 1 aromatic heterocycles. The molecule has 26 heavy (non-hydrogen) atoms. The highest BCUT2D eigenvalue weighted by Crippen LogP contribution is 2.14. The monoisotopic (exact) mass is 359 g/mol. The Kier molecular flexibility index (Phi) is 6.77. The molecule has 7 nitrogen and oxygen atoms in total. The number of rotatable bonds is 8. The minimum atomic E-state index is -0.403. The number of ether oxygens (including phenoxy) is 1. The summed E-state index contributed by atoms with van der Waals surface area (Å²) in [5.41, 5.74) is 1.26. The summed E-state index contributed by atoms with van der Waals surface area (Å²) >= 11 is 0. The topological polar surface area (TPSA) is 82.3 Å². The Bertz CT molecular complexity index is 821. The molecule has 0 atom stereocenters. The molecule has 0 aliphatic rings. The van der Waals surface area contributed by atoms with Crippen LogP contribution in [-0.4, -0.2) is 27.8 Å². The standard InChI is InChI=1S/C19H25N3O4/c1-4-5-13-26-17(24)12-11-16(23)20-18-14(2)21(3)22(19(18)25)15-9-7-6-8-10-15/h6-10H,4-5,11-13H2,1-3H3,(H,20,23). The van der Waals surface area contributed by atoms with Gasteiger partial charge in [-0.3, -0.25) is 19.1 Å². The largest absolute Gasteiger partial charge is 0.466 e. The fourth-order valence-corrected chi connectivity index (χ4v) is 2.53. The van der Waals surface area contributed by atoms with Crippen molar-refractivity contribution in [1.29, 1.82) is 0 Å². The van der Waals surface area contributed by atoms with Crippen LogP contribution in [0.25, 0.3) is 5.69 Å². The normalized spacial score (nSPS) is 10.6. The first kappa shape index (κ1) is 19.5. The predicted octanol–water partition coefficient (Wildman–Crippen LogP) is 2.55. The molecule has 0 aliphatic carbocycles. The van der Waals surface area contributed by atoms with E-state index in [1.807, 2.05) is 37.3 Å². The maximum Gasteiger partial charge on any atom is 0.306 e. The van der Waals surface area contributed by atoms with E-state index < -0.39 is 5.97 Å². The van der Waals surface area contributed by atoms with Crippen molar-refractivity contribution in [2.45, 2.75) is 39.5 Å². The summed E-state index contributed by atoms with van der Waals surface area (Å²) in [4.78, 5) is 36.4. The number of nitrogens with one attached hydrogen (secondary N) is 1. The molecule has 1 aromatic carbocycles. The van der Waals surface area contributed by atoms with E-state index in [1.165, 1.54) is 4.68 Å². The Balaban J connectivity index is 2.05. The van der Waals surface area contributed by atoms with Crippen LogP contribution in [0, 0.1) is 6.92 Å². The van der Waals surface area contributed by atoms with E-state index in [0.717, 1.165) is 12.8 Å². The van der Waals surface area contributed by atoms with Gasteiger partial charge in [0, 0.05) is 13.5 Å². The van der Waals surface area contributed by atoms with Crippen LogP contribution in [0.15, 0.2) is 35.1 Å². The Morgan fingerprint density at radius 2 is 1.85 bits per heavy atom. The molecule has 0 spiro atoms. The van der Waals surface area contributed by atoms with Crippen molar-refractivity contribution in [3.8, 4) is 5.69 Å². The molecule has 0 unspecified atom stereocenters. The molecule has 0 bridgehead atoms. The van der Waals surface area contributed by atoms with Crippen LogP contribution in [0.4, 0.5) is 5.69 Å². The molecule has 1 amide bonds. The summed E-state index contributed by atoms with van der Waals surface area (Å²) < 4.78 is 8.20. The Morgan fingerprint density at radius 3 is 2.50 bits per heavy atom. The van der Waals surface area contributed by atoms with Crippen LogP contribution in [0.5, 0.6) is 0 Å². The highest BCUT2D eigenvalue weighted by atomic mass is 16.5. The van der Waals surface area contributed by atoms with Gasteiger partial charge in [0.1, 0.15) is 5.69 Å². The number of benzene rings is 1. The molecule has 2 aromatic rings. The third-order valence-corrected chi connectivity index (χ3v) is 4.14.